The Hall–Kier alpha value is -15.4. The number of pyridine rings is 10. The normalized spacial score (nSPS) is 17.2. The number of benzene rings is 5. The minimum Gasteiger partial charge on any atom is -0.435 e. The molecule has 0 N–H and O–H groups in total. The van der Waals surface area contributed by atoms with Crippen LogP contribution in [0.25, 0.3) is 110 Å². The summed E-state index contributed by atoms with van der Waals surface area (Å²) in [5, 5.41) is 10.5. The van der Waals surface area contributed by atoms with Crippen LogP contribution in [-0.2, 0) is 0 Å². The number of hydrogen-bond donors (Lipinski definition) is 0. The van der Waals surface area contributed by atoms with Crippen LogP contribution in [0.3, 0.4) is 0 Å². The second kappa shape index (κ2) is 33.6. The average Bonchev–Trinajstić information content (AvgIpc) is 1.57. The number of furan rings is 5. The van der Waals surface area contributed by atoms with E-state index in [0.717, 1.165) is 218 Å². The Labute approximate surface area is 794 Å². The Morgan fingerprint density at radius 1 is 0.243 bits per heavy atom. The van der Waals surface area contributed by atoms with Gasteiger partial charge < -0.3 is 71.1 Å². The highest BCUT2D eigenvalue weighted by Crippen LogP contribution is 2.55. The fourth-order valence-electron chi connectivity index (χ4n) is 20.9. The first-order valence-corrected chi connectivity index (χ1v) is 46.5. The van der Waals surface area contributed by atoms with Crippen molar-refractivity contribution >= 4 is 196 Å². The van der Waals surface area contributed by atoms with Crippen molar-refractivity contribution in [1.82, 2.24) is 49.8 Å². The van der Waals surface area contributed by atoms with Crippen molar-refractivity contribution in [2.24, 2.45) is 0 Å². The van der Waals surface area contributed by atoms with Gasteiger partial charge in [0.15, 0.2) is 57.0 Å². The monoisotopic (exact) mass is 1810 g/mol. The van der Waals surface area contributed by atoms with E-state index in [-0.39, 0.29) is 30.8 Å². The molecule has 20 aromatic rings. The standard InChI is InChI=1S/3C23H24N4O.2C21H20N4O/c1-13(2)26-16(5)27(19-7-6-12-24-22(19)26)20-14(3)8-10-17-18-11-9-15(4)25-23(18)28-21(17)20;2*1-13(2)26-16(5)27(22-19(26)7-6-12-24-22)20-14(3)8-10-17-18-11-9-15(4)25-23(18)28-21(17)20;1-12-7-9-15-16-10-8-13(2)23-21(16)26-19(15)18(12)25-14(3)24(4)20-17(25)6-5-11-22-20;1-12-7-9-15-16-10-8-13(2)23-21(16)26-19(15)18(12)25-14(3)24(4)17-6-5-11-22-20(17)25/h3*6-13,16H,1-5H3;2*5-11,14H,1-4H3/i3*13D;;. The van der Waals surface area contributed by atoms with Gasteiger partial charge in [-0.25, -0.2) is 49.8 Å². The smallest absolute Gasteiger partial charge is 0.227 e. The summed E-state index contributed by atoms with van der Waals surface area (Å²) in [4.78, 5) is 68.0. The molecule has 0 saturated carbocycles. The number of nitrogens with zero attached hydrogens (tertiary/aromatic N) is 20. The van der Waals surface area contributed by atoms with Crippen molar-refractivity contribution in [3.05, 3.63) is 269 Å². The van der Waals surface area contributed by atoms with Crippen molar-refractivity contribution in [1.29, 1.82) is 0 Å². The predicted octanol–water partition coefficient (Wildman–Crippen LogP) is 27.0. The Bertz CT molecular complexity index is 7680. The Morgan fingerprint density at radius 3 is 0.779 bits per heavy atom. The Morgan fingerprint density at radius 2 is 0.471 bits per heavy atom. The van der Waals surface area contributed by atoms with Crippen LogP contribution in [0.1, 0.15) is 137 Å². The highest BCUT2D eigenvalue weighted by Gasteiger charge is 2.44. The molecular weight excluding hydrogens is 1690 g/mol. The van der Waals surface area contributed by atoms with E-state index in [4.69, 9.17) is 36.2 Å². The third kappa shape index (κ3) is 14.1. The van der Waals surface area contributed by atoms with E-state index in [1.54, 1.807) is 18.6 Å². The molecule has 5 aliphatic rings. The molecule has 0 radical (unpaired) electrons. The van der Waals surface area contributed by atoms with E-state index in [1.165, 1.54) is 5.56 Å². The maximum absolute atomic E-state index is 8.71. The van der Waals surface area contributed by atoms with Gasteiger partial charge >= 0.3 is 0 Å². The molecule has 25 rings (SSSR count). The lowest BCUT2D eigenvalue weighted by atomic mass is 10.1. The molecule has 0 spiro atoms. The molecule has 0 bridgehead atoms. The third-order valence-electron chi connectivity index (χ3n) is 27.4. The van der Waals surface area contributed by atoms with Crippen LogP contribution in [0.4, 0.5) is 86.0 Å². The molecule has 0 fully saturated rings. The number of aromatic nitrogens is 10. The number of rotatable bonds is 8. The van der Waals surface area contributed by atoms with Crippen LogP contribution in [0, 0.1) is 69.2 Å². The zero-order chi connectivity index (χ0) is 97.5. The molecule has 136 heavy (non-hydrogen) atoms. The fourth-order valence-corrected chi connectivity index (χ4v) is 20.9. The molecule has 15 aromatic heterocycles. The highest BCUT2D eigenvalue weighted by atomic mass is 16.4. The molecule has 5 aliphatic heterocycles. The number of fused-ring (bicyclic) bond motifs is 20. The molecule has 25 nitrogen and oxygen atoms in total. The average molecular weight is 1810 g/mol. The lowest BCUT2D eigenvalue weighted by molar-refractivity contribution is 0.597. The maximum atomic E-state index is 8.71. The summed E-state index contributed by atoms with van der Waals surface area (Å²) in [6.45, 7) is 42.5. The van der Waals surface area contributed by atoms with Gasteiger partial charge in [-0.15, -0.1) is 0 Å². The van der Waals surface area contributed by atoms with Crippen molar-refractivity contribution in [2.75, 3.05) is 63.1 Å². The van der Waals surface area contributed by atoms with Crippen molar-refractivity contribution in [2.45, 2.75) is 194 Å². The highest BCUT2D eigenvalue weighted by molar-refractivity contribution is 6.15. The van der Waals surface area contributed by atoms with Gasteiger partial charge in [0.25, 0.3) is 0 Å². The number of anilines is 15. The van der Waals surface area contributed by atoms with Crippen molar-refractivity contribution in [3.8, 4) is 0 Å². The number of aryl methyl sites for hydroxylation is 10. The van der Waals surface area contributed by atoms with Gasteiger partial charge in [-0.3, -0.25) is 0 Å². The lowest BCUT2D eigenvalue weighted by Gasteiger charge is -2.33. The first-order chi connectivity index (χ1) is 66.4. The molecule has 0 amide bonds. The second-order valence-corrected chi connectivity index (χ2v) is 37.0. The van der Waals surface area contributed by atoms with Gasteiger partial charge in [0.1, 0.15) is 30.8 Å². The first kappa shape index (κ1) is 83.7. The zero-order valence-corrected chi connectivity index (χ0v) is 81.1. The molecule has 5 atom stereocenters. The van der Waals surface area contributed by atoms with E-state index in [0.29, 0.717) is 28.6 Å². The van der Waals surface area contributed by atoms with E-state index in [2.05, 4.69) is 276 Å². The summed E-state index contributed by atoms with van der Waals surface area (Å²) in [5.74, 6) is 4.46. The van der Waals surface area contributed by atoms with Gasteiger partial charge in [0, 0.05) is 145 Å². The van der Waals surface area contributed by atoms with Crippen molar-refractivity contribution in [3.63, 3.8) is 0 Å². The summed E-state index contributed by atoms with van der Waals surface area (Å²) < 4.78 is 57.5. The van der Waals surface area contributed by atoms with Crippen LogP contribution in [0.15, 0.2) is 235 Å². The molecule has 0 aliphatic carbocycles. The molecule has 20 heterocycles. The third-order valence-corrected chi connectivity index (χ3v) is 27.4. The van der Waals surface area contributed by atoms with Crippen LogP contribution < -0.4 is 49.0 Å². The molecule has 0 saturated heterocycles. The van der Waals surface area contributed by atoms with Crippen LogP contribution in [-0.4, -0.2) is 113 Å². The summed E-state index contributed by atoms with van der Waals surface area (Å²) in [5.41, 5.74) is 28.1. The second-order valence-electron chi connectivity index (χ2n) is 37.0. The largest absolute Gasteiger partial charge is 0.435 e. The van der Waals surface area contributed by atoms with E-state index in [9.17, 15) is 0 Å². The van der Waals surface area contributed by atoms with E-state index < -0.39 is 18.1 Å². The van der Waals surface area contributed by atoms with E-state index >= 15 is 0 Å². The predicted molar refractivity (Wildman–Crippen MR) is 554 cm³/mol. The van der Waals surface area contributed by atoms with Crippen molar-refractivity contribution < 1.29 is 26.2 Å². The van der Waals surface area contributed by atoms with Gasteiger partial charge in [0.2, 0.25) is 28.6 Å². The topological polar surface area (TPSA) is 227 Å². The summed E-state index contributed by atoms with van der Waals surface area (Å²) in [7, 11) is 4.18. The fraction of sp³-hybridized carbons (Fsp3) is 0.279. The lowest BCUT2D eigenvalue weighted by Crippen LogP contribution is -2.42. The van der Waals surface area contributed by atoms with Crippen LogP contribution in [0.5, 0.6) is 0 Å². The van der Waals surface area contributed by atoms with Gasteiger partial charge in [-0.1, -0.05) is 60.7 Å². The molecule has 5 aromatic carbocycles. The quantitative estimate of drug-likeness (QED) is 0.138. The van der Waals surface area contributed by atoms with Gasteiger partial charge in [-0.05, 0) is 295 Å². The van der Waals surface area contributed by atoms with Crippen LogP contribution in [0.2, 0.25) is 0 Å². The Balaban J connectivity index is 0.000000103. The van der Waals surface area contributed by atoms with Gasteiger partial charge in [-0.2, -0.15) is 0 Å². The summed E-state index contributed by atoms with van der Waals surface area (Å²) in [6, 6.07) is 59.5. The maximum Gasteiger partial charge on any atom is 0.227 e. The first-order valence-electron chi connectivity index (χ1n) is 48.0. The summed E-state index contributed by atoms with van der Waals surface area (Å²) in [6.07, 6.45) is 9.12. The summed E-state index contributed by atoms with van der Waals surface area (Å²) >= 11 is 0. The van der Waals surface area contributed by atoms with Gasteiger partial charge in [0.05, 0.1) is 61.0 Å². The molecule has 25 heteroatoms. The van der Waals surface area contributed by atoms with E-state index in [1.807, 2.05) is 166 Å². The zero-order valence-electron chi connectivity index (χ0n) is 84.1. The minimum atomic E-state index is -0.814. The SMILES string of the molecule is Cc1ccc2c(n1)oc1c(N3c4cccnc4N(C)C3C)c(C)ccc12.Cc1ccc2c(n1)oc1c(N3c4ncccc4N(C)C3C)c(C)ccc12.[2H]C(C)(C)N1c2cccnc2N(c2c(C)ccc3c2oc2nc(C)ccc23)C1C.[2H]C(C)(C)N1c2cccnc2N(c2c(C)ccc3c2oc2nc(C)ccc23)C1C.[2H]C(C)(C)N1c2ncccc2N(c2c(C)ccc3c2oc2nc(C)ccc23)C1C. The Kier molecular flexibility index (Phi) is 20.7. The minimum absolute atomic E-state index is 0.0837. The molecule has 686 valence electrons. The molecular formula is C111H112N20O5. The number of hydrogen-bond acceptors (Lipinski definition) is 25. The molecule has 5 unspecified atom stereocenters. The van der Waals surface area contributed by atoms with Crippen LogP contribution >= 0.6 is 0 Å².